The summed E-state index contributed by atoms with van der Waals surface area (Å²) in [6.07, 6.45) is 1.71. The van der Waals surface area contributed by atoms with Gasteiger partial charge in [0.15, 0.2) is 5.54 Å². The zero-order chi connectivity index (χ0) is 24.0. The van der Waals surface area contributed by atoms with Crippen LogP contribution in [0.25, 0.3) is 11.3 Å². The normalized spacial score (nSPS) is 19.1. The van der Waals surface area contributed by atoms with Gasteiger partial charge in [-0.1, -0.05) is 30.3 Å². The maximum Gasteiger partial charge on any atom is 0.322 e. The Labute approximate surface area is 196 Å². The number of hydrogen-bond acceptors (Lipinski definition) is 6. The van der Waals surface area contributed by atoms with E-state index in [9.17, 15) is 14.4 Å². The van der Waals surface area contributed by atoms with Crippen molar-refractivity contribution >= 4 is 17.8 Å². The van der Waals surface area contributed by atoms with Crippen LogP contribution in [0.3, 0.4) is 0 Å². The van der Waals surface area contributed by atoms with Crippen LogP contribution in [-0.2, 0) is 16.9 Å². The largest absolute Gasteiger partial charge is 0.497 e. The first-order chi connectivity index (χ1) is 16.3. The van der Waals surface area contributed by atoms with Crippen LogP contribution in [-0.4, -0.2) is 46.4 Å². The highest BCUT2D eigenvalue weighted by atomic mass is 16.5. The number of fused-ring (bicyclic) bond motifs is 1. The zero-order valence-corrected chi connectivity index (χ0v) is 19.0. The molecule has 34 heavy (non-hydrogen) atoms. The van der Waals surface area contributed by atoms with Crippen molar-refractivity contribution in [3.05, 3.63) is 76.7 Å². The first kappa shape index (κ1) is 21.6. The predicted octanol–water partition coefficient (Wildman–Crippen LogP) is 2.46. The Hall–Kier alpha value is -4.27. The van der Waals surface area contributed by atoms with Crippen molar-refractivity contribution in [3.63, 3.8) is 0 Å². The average molecular weight is 457 g/mol. The Bertz CT molecular complexity index is 1340. The van der Waals surface area contributed by atoms with Gasteiger partial charge in [0.25, 0.3) is 11.8 Å². The number of carbonyl (C=O) groups excluding carboxylic acids is 3. The summed E-state index contributed by atoms with van der Waals surface area (Å²) >= 11 is 0. The minimum Gasteiger partial charge on any atom is -0.497 e. The minimum atomic E-state index is -1.41. The number of aromatic nitrogens is 2. The molecule has 3 aromatic rings. The fourth-order valence-corrected chi connectivity index (χ4v) is 4.50. The summed E-state index contributed by atoms with van der Waals surface area (Å²) < 4.78 is 5.24. The molecule has 4 amide bonds. The molecule has 5 rings (SSSR count). The number of rotatable bonds is 5. The summed E-state index contributed by atoms with van der Waals surface area (Å²) in [4.78, 5) is 48.9. The van der Waals surface area contributed by atoms with Crippen LogP contribution in [0.5, 0.6) is 5.75 Å². The summed E-state index contributed by atoms with van der Waals surface area (Å²) in [6.45, 7) is 4.08. The quantitative estimate of drug-likeness (QED) is 0.569. The van der Waals surface area contributed by atoms with Crippen molar-refractivity contribution in [2.75, 3.05) is 13.7 Å². The average Bonchev–Trinajstić information content (AvgIpc) is 3.30. The summed E-state index contributed by atoms with van der Waals surface area (Å²) in [5.74, 6) is -0.136. The lowest BCUT2D eigenvalue weighted by Crippen LogP contribution is -2.52. The SMILES string of the molecule is COc1ccc2c(c1)C(=O)N(CC1(c3ccc(-c4nc(C)cnc4C)cc3)NC(=O)NC1=O)C2. The molecule has 2 aliphatic rings. The van der Waals surface area contributed by atoms with E-state index < -0.39 is 17.5 Å². The van der Waals surface area contributed by atoms with Gasteiger partial charge in [0, 0.05) is 23.9 Å². The predicted molar refractivity (Wildman–Crippen MR) is 123 cm³/mol. The lowest BCUT2D eigenvalue weighted by Gasteiger charge is -2.31. The van der Waals surface area contributed by atoms with Crippen LogP contribution >= 0.6 is 0 Å². The Morgan fingerprint density at radius 1 is 1.09 bits per heavy atom. The molecule has 0 aliphatic carbocycles. The number of aryl methyl sites for hydroxylation is 2. The van der Waals surface area contributed by atoms with Gasteiger partial charge in [-0.2, -0.15) is 0 Å². The van der Waals surface area contributed by atoms with Crippen molar-refractivity contribution in [2.45, 2.75) is 25.9 Å². The van der Waals surface area contributed by atoms with Crippen LogP contribution in [0.4, 0.5) is 4.79 Å². The van der Waals surface area contributed by atoms with Gasteiger partial charge in [0.05, 0.1) is 30.7 Å². The molecule has 1 saturated heterocycles. The van der Waals surface area contributed by atoms with Crippen LogP contribution < -0.4 is 15.4 Å². The van der Waals surface area contributed by atoms with Crippen LogP contribution in [0.15, 0.2) is 48.7 Å². The lowest BCUT2D eigenvalue weighted by atomic mass is 9.88. The Balaban J connectivity index is 1.49. The van der Waals surface area contributed by atoms with E-state index in [0.29, 0.717) is 23.4 Å². The highest BCUT2D eigenvalue weighted by Crippen LogP contribution is 2.33. The third-order valence-corrected chi connectivity index (χ3v) is 6.29. The number of imide groups is 1. The second kappa shape index (κ2) is 7.95. The van der Waals surface area contributed by atoms with Crippen molar-refractivity contribution in [1.29, 1.82) is 0 Å². The number of urea groups is 1. The monoisotopic (exact) mass is 457 g/mol. The maximum absolute atomic E-state index is 13.1. The molecular weight excluding hydrogens is 434 g/mol. The number of ether oxygens (including phenoxy) is 1. The molecule has 1 atom stereocenters. The van der Waals surface area contributed by atoms with Crippen LogP contribution in [0.2, 0.25) is 0 Å². The van der Waals surface area contributed by atoms with E-state index in [1.54, 1.807) is 42.5 Å². The van der Waals surface area contributed by atoms with Crippen molar-refractivity contribution in [2.24, 2.45) is 0 Å². The molecule has 0 bridgehead atoms. The molecule has 2 aliphatic heterocycles. The van der Waals surface area contributed by atoms with Crippen molar-refractivity contribution < 1.29 is 19.1 Å². The molecule has 172 valence electrons. The van der Waals surface area contributed by atoms with Gasteiger partial charge >= 0.3 is 6.03 Å². The van der Waals surface area contributed by atoms with E-state index in [2.05, 4.69) is 20.6 Å². The van der Waals surface area contributed by atoms with E-state index >= 15 is 0 Å². The van der Waals surface area contributed by atoms with Gasteiger partial charge in [0.2, 0.25) is 0 Å². The molecule has 1 fully saturated rings. The minimum absolute atomic E-state index is 0.0109. The number of amides is 4. The molecule has 9 heteroatoms. The van der Waals surface area contributed by atoms with Gasteiger partial charge in [-0.05, 0) is 37.1 Å². The standard InChI is InChI=1S/C25H23N5O4/c1-14-11-26-15(2)21(27-14)16-4-7-18(8-5-16)25(23(32)28-24(33)29-25)13-30-12-17-6-9-19(34-3)10-20(17)22(30)31/h4-11H,12-13H2,1-3H3,(H2,28,29,32,33). The van der Waals surface area contributed by atoms with Crippen molar-refractivity contribution in [1.82, 2.24) is 25.5 Å². The zero-order valence-electron chi connectivity index (χ0n) is 19.0. The third-order valence-electron chi connectivity index (χ3n) is 6.29. The number of methoxy groups -OCH3 is 1. The number of nitrogens with zero attached hydrogens (tertiary/aromatic N) is 3. The fraction of sp³-hybridized carbons (Fsp3) is 0.240. The molecule has 9 nitrogen and oxygen atoms in total. The highest BCUT2D eigenvalue weighted by molar-refractivity contribution is 6.08. The number of carbonyl (C=O) groups is 3. The molecule has 3 heterocycles. The van der Waals surface area contributed by atoms with Gasteiger partial charge < -0.3 is 15.0 Å². The Kier molecular flexibility index (Phi) is 5.04. The van der Waals surface area contributed by atoms with Crippen LogP contribution in [0.1, 0.15) is 32.9 Å². The first-order valence-electron chi connectivity index (χ1n) is 10.8. The molecule has 2 N–H and O–H groups in total. The molecule has 2 aromatic carbocycles. The number of benzene rings is 2. The van der Waals surface area contributed by atoms with E-state index in [1.165, 1.54) is 0 Å². The molecule has 0 radical (unpaired) electrons. The van der Waals surface area contributed by atoms with Crippen LogP contribution in [0, 0.1) is 13.8 Å². The molecule has 0 spiro atoms. The Morgan fingerprint density at radius 3 is 2.53 bits per heavy atom. The fourth-order valence-electron chi connectivity index (χ4n) is 4.50. The molecular formula is C25H23N5O4. The number of hydrogen-bond donors (Lipinski definition) is 2. The third kappa shape index (κ3) is 3.45. The van der Waals surface area contributed by atoms with E-state index in [1.807, 2.05) is 32.0 Å². The summed E-state index contributed by atoms with van der Waals surface area (Å²) in [5, 5.41) is 5.09. The summed E-state index contributed by atoms with van der Waals surface area (Å²) in [5.41, 5.74) is 3.71. The second-order valence-electron chi connectivity index (χ2n) is 8.52. The highest BCUT2D eigenvalue weighted by Gasteiger charge is 2.50. The smallest absolute Gasteiger partial charge is 0.322 e. The van der Waals surface area contributed by atoms with E-state index in [4.69, 9.17) is 4.74 Å². The molecule has 0 saturated carbocycles. The topological polar surface area (TPSA) is 114 Å². The molecule has 1 aromatic heterocycles. The summed E-state index contributed by atoms with van der Waals surface area (Å²) in [6, 6.07) is 12.0. The van der Waals surface area contributed by atoms with Crippen molar-refractivity contribution in [3.8, 4) is 17.0 Å². The summed E-state index contributed by atoms with van der Waals surface area (Å²) in [7, 11) is 1.54. The number of nitrogens with one attached hydrogen (secondary N) is 2. The van der Waals surface area contributed by atoms with E-state index in [0.717, 1.165) is 28.2 Å². The molecule has 1 unspecified atom stereocenters. The van der Waals surface area contributed by atoms with E-state index in [-0.39, 0.29) is 12.5 Å². The van der Waals surface area contributed by atoms with Gasteiger partial charge in [-0.3, -0.25) is 19.9 Å². The van der Waals surface area contributed by atoms with Gasteiger partial charge in [-0.25, -0.2) is 9.78 Å². The lowest BCUT2D eigenvalue weighted by molar-refractivity contribution is -0.124. The Morgan fingerprint density at radius 2 is 1.85 bits per heavy atom. The first-order valence-corrected chi connectivity index (χ1v) is 10.8. The van der Waals surface area contributed by atoms with Gasteiger partial charge in [0.1, 0.15) is 5.75 Å². The van der Waals surface area contributed by atoms with Gasteiger partial charge in [-0.15, -0.1) is 0 Å². The second-order valence-corrected chi connectivity index (χ2v) is 8.52. The maximum atomic E-state index is 13.1.